The lowest BCUT2D eigenvalue weighted by Crippen LogP contribution is -2.42. The summed E-state index contributed by atoms with van der Waals surface area (Å²) < 4.78 is 5.80. The summed E-state index contributed by atoms with van der Waals surface area (Å²) in [6.45, 7) is 12.4. The van der Waals surface area contributed by atoms with Gasteiger partial charge in [0.1, 0.15) is 11.6 Å². The average molecular weight is 563 g/mol. The van der Waals surface area contributed by atoms with Crippen LogP contribution in [0.15, 0.2) is 17.4 Å². The summed E-state index contributed by atoms with van der Waals surface area (Å²) in [6, 6.07) is 0.901. The Morgan fingerprint density at radius 2 is 1.93 bits per heavy atom. The van der Waals surface area contributed by atoms with Crippen LogP contribution in [-0.2, 0) is 11.2 Å². The number of piperidine rings is 1. The molecule has 2 aliphatic heterocycles. The summed E-state index contributed by atoms with van der Waals surface area (Å²) in [6.07, 6.45) is 12.8. The molecule has 3 fully saturated rings. The number of anilines is 2. The van der Waals surface area contributed by atoms with Crippen molar-refractivity contribution >= 4 is 17.8 Å². The molecule has 41 heavy (non-hydrogen) atoms. The molecule has 1 aromatic rings. The minimum absolute atomic E-state index is 0.0348. The average Bonchev–Trinajstić information content (AvgIpc) is 3.63. The first-order valence-corrected chi connectivity index (χ1v) is 15.9. The molecule has 4 aliphatic rings. The molecule has 8 nitrogen and oxygen atoms in total. The SMILES string of the molecule is CCC1C[C@@H]1[C@H](CO)Nc1nc2c(c(NC3CCN(C(C)C)CC3)n1)CC=C(OC)C(C#CCCN1CCCC1)=C2. The van der Waals surface area contributed by atoms with Crippen molar-refractivity contribution in [2.24, 2.45) is 11.8 Å². The number of aliphatic hydroxyl groups excluding tert-OH is 1. The summed E-state index contributed by atoms with van der Waals surface area (Å²) in [5.41, 5.74) is 2.81. The second-order valence-electron chi connectivity index (χ2n) is 12.4. The van der Waals surface area contributed by atoms with E-state index >= 15 is 0 Å². The largest absolute Gasteiger partial charge is 0.496 e. The highest BCUT2D eigenvalue weighted by molar-refractivity contribution is 5.70. The predicted molar refractivity (Wildman–Crippen MR) is 167 cm³/mol. The van der Waals surface area contributed by atoms with E-state index in [0.29, 0.717) is 36.3 Å². The van der Waals surface area contributed by atoms with Crippen LogP contribution in [0.25, 0.3) is 6.08 Å². The molecule has 8 heteroatoms. The van der Waals surface area contributed by atoms with Gasteiger partial charge < -0.3 is 30.3 Å². The molecule has 0 bridgehead atoms. The number of hydrogen-bond acceptors (Lipinski definition) is 8. The van der Waals surface area contributed by atoms with Gasteiger partial charge in [0.15, 0.2) is 0 Å². The van der Waals surface area contributed by atoms with Gasteiger partial charge in [0.25, 0.3) is 0 Å². The predicted octanol–water partition coefficient (Wildman–Crippen LogP) is 4.54. The van der Waals surface area contributed by atoms with E-state index in [1.807, 2.05) is 0 Å². The monoisotopic (exact) mass is 562 g/mol. The molecular formula is C33H50N6O2. The summed E-state index contributed by atoms with van der Waals surface area (Å²) in [7, 11) is 1.72. The molecule has 1 unspecified atom stereocenters. The van der Waals surface area contributed by atoms with E-state index in [2.05, 4.69) is 65.2 Å². The van der Waals surface area contributed by atoms with Crippen LogP contribution in [0.4, 0.5) is 11.8 Å². The molecule has 2 saturated heterocycles. The number of aromatic nitrogens is 2. The van der Waals surface area contributed by atoms with Gasteiger partial charge in [-0.25, -0.2) is 4.98 Å². The number of nitrogens with zero attached hydrogens (tertiary/aromatic N) is 4. The minimum Gasteiger partial charge on any atom is -0.496 e. The first-order chi connectivity index (χ1) is 20.0. The zero-order valence-electron chi connectivity index (χ0n) is 25.6. The normalized spacial score (nSPS) is 24.0. The molecule has 0 radical (unpaired) electrons. The topological polar surface area (TPSA) is 85.8 Å². The molecule has 3 heterocycles. The van der Waals surface area contributed by atoms with Gasteiger partial charge in [0.2, 0.25) is 5.95 Å². The number of rotatable bonds is 11. The van der Waals surface area contributed by atoms with Crippen molar-refractivity contribution < 1.29 is 9.84 Å². The van der Waals surface area contributed by atoms with Crippen molar-refractivity contribution in [2.45, 2.75) is 90.3 Å². The molecule has 0 aromatic carbocycles. The molecule has 0 amide bonds. The van der Waals surface area contributed by atoms with Gasteiger partial charge in [-0.1, -0.05) is 25.2 Å². The quantitative estimate of drug-likeness (QED) is 0.339. The standard InChI is InChI=1S/C33H50N6O2/c1-5-24-20-28(24)30(22-40)36-33-35-29-21-25(10-6-7-15-38-16-8-9-17-38)31(41-4)12-11-27(29)32(37-33)34-26-13-18-39(19-14-26)23(2)3/h12,21,23-24,26,28,30,40H,5,7-9,11,13-20,22H2,1-4H3,(H2,34,35,36,37)/t24?,28-,30-/m0/s1. The maximum absolute atomic E-state index is 10.2. The van der Waals surface area contributed by atoms with E-state index in [0.717, 1.165) is 80.1 Å². The Labute approximate surface area is 247 Å². The van der Waals surface area contributed by atoms with Crippen LogP contribution in [0.3, 0.4) is 0 Å². The first-order valence-electron chi connectivity index (χ1n) is 15.9. The van der Waals surface area contributed by atoms with E-state index in [9.17, 15) is 5.11 Å². The maximum Gasteiger partial charge on any atom is 0.225 e. The van der Waals surface area contributed by atoms with E-state index in [1.54, 1.807) is 7.11 Å². The van der Waals surface area contributed by atoms with E-state index in [1.165, 1.54) is 25.9 Å². The van der Waals surface area contributed by atoms with E-state index < -0.39 is 0 Å². The first kappa shape index (κ1) is 29.9. The van der Waals surface area contributed by atoms with Crippen LogP contribution in [0.2, 0.25) is 0 Å². The molecule has 2 aliphatic carbocycles. The zero-order chi connectivity index (χ0) is 28.8. The Kier molecular flexibility index (Phi) is 10.2. The van der Waals surface area contributed by atoms with Gasteiger partial charge in [-0.05, 0) is 83.0 Å². The van der Waals surface area contributed by atoms with Crippen molar-refractivity contribution in [1.82, 2.24) is 19.8 Å². The lowest BCUT2D eigenvalue weighted by atomic mass is 10.0. The number of aliphatic hydroxyl groups is 1. The number of allylic oxidation sites excluding steroid dienone is 2. The van der Waals surface area contributed by atoms with Crippen LogP contribution in [0.5, 0.6) is 0 Å². The van der Waals surface area contributed by atoms with Crippen molar-refractivity contribution in [3.05, 3.63) is 28.7 Å². The van der Waals surface area contributed by atoms with Crippen LogP contribution in [-0.4, -0.2) is 89.4 Å². The molecule has 3 atom stereocenters. The number of likely N-dealkylation sites (tertiary alicyclic amines) is 2. The Morgan fingerprint density at radius 3 is 2.59 bits per heavy atom. The Hall–Kier alpha value is -2.60. The Balaban J connectivity index is 1.41. The van der Waals surface area contributed by atoms with Gasteiger partial charge in [0, 0.05) is 50.1 Å². The van der Waals surface area contributed by atoms with Gasteiger partial charge in [0.05, 0.1) is 31.0 Å². The number of ether oxygens (including phenoxy) is 1. The highest BCUT2D eigenvalue weighted by Gasteiger charge is 2.41. The van der Waals surface area contributed by atoms with Gasteiger partial charge in [-0.15, -0.1) is 0 Å². The van der Waals surface area contributed by atoms with E-state index in [-0.39, 0.29) is 12.6 Å². The fourth-order valence-corrected chi connectivity index (χ4v) is 6.63. The Bertz CT molecular complexity index is 1150. The second kappa shape index (κ2) is 14.0. The molecule has 3 N–H and O–H groups in total. The van der Waals surface area contributed by atoms with Crippen molar-refractivity contribution in [1.29, 1.82) is 0 Å². The molecule has 224 valence electrons. The summed E-state index contributed by atoms with van der Waals surface area (Å²) in [5.74, 6) is 10.2. The molecule has 1 saturated carbocycles. The highest BCUT2D eigenvalue weighted by Crippen LogP contribution is 2.44. The van der Waals surface area contributed by atoms with Crippen molar-refractivity contribution in [3.63, 3.8) is 0 Å². The number of nitrogens with one attached hydrogen (secondary N) is 2. The summed E-state index contributed by atoms with van der Waals surface area (Å²) in [5, 5.41) is 17.5. The Morgan fingerprint density at radius 1 is 1.15 bits per heavy atom. The second-order valence-corrected chi connectivity index (χ2v) is 12.4. The molecule has 5 rings (SSSR count). The molecular weight excluding hydrogens is 512 g/mol. The van der Waals surface area contributed by atoms with Crippen LogP contribution in [0, 0.1) is 23.7 Å². The fraction of sp³-hybridized carbons (Fsp3) is 0.697. The zero-order valence-corrected chi connectivity index (χ0v) is 25.6. The van der Waals surface area contributed by atoms with Gasteiger partial charge in [-0.3, -0.25) is 0 Å². The molecule has 0 spiro atoms. The highest BCUT2D eigenvalue weighted by atomic mass is 16.5. The smallest absolute Gasteiger partial charge is 0.225 e. The third kappa shape index (κ3) is 7.63. The number of fused-ring (bicyclic) bond motifs is 1. The lowest BCUT2D eigenvalue weighted by molar-refractivity contribution is 0.177. The van der Waals surface area contributed by atoms with Gasteiger partial charge >= 0.3 is 0 Å². The third-order valence-corrected chi connectivity index (χ3v) is 9.40. The summed E-state index contributed by atoms with van der Waals surface area (Å²) in [4.78, 5) is 15.1. The van der Waals surface area contributed by atoms with Crippen LogP contribution in [0.1, 0.15) is 77.0 Å². The minimum atomic E-state index is -0.0348. The van der Waals surface area contributed by atoms with Crippen LogP contribution < -0.4 is 10.6 Å². The maximum atomic E-state index is 10.2. The fourth-order valence-electron chi connectivity index (χ4n) is 6.63. The lowest BCUT2D eigenvalue weighted by Gasteiger charge is -2.35. The van der Waals surface area contributed by atoms with Crippen molar-refractivity contribution in [2.75, 3.05) is 57.1 Å². The van der Waals surface area contributed by atoms with Gasteiger partial charge in [-0.2, -0.15) is 4.98 Å². The number of hydrogen-bond donors (Lipinski definition) is 3. The molecule has 1 aromatic heterocycles. The van der Waals surface area contributed by atoms with Crippen molar-refractivity contribution in [3.8, 4) is 11.8 Å². The summed E-state index contributed by atoms with van der Waals surface area (Å²) >= 11 is 0. The number of methoxy groups -OCH3 is 1. The van der Waals surface area contributed by atoms with E-state index in [4.69, 9.17) is 14.7 Å². The van der Waals surface area contributed by atoms with Crippen LogP contribution >= 0.6 is 0 Å². The third-order valence-electron chi connectivity index (χ3n) is 9.40.